The summed E-state index contributed by atoms with van der Waals surface area (Å²) >= 11 is 0. The lowest BCUT2D eigenvalue weighted by molar-refractivity contribution is 0.112. The van der Waals surface area contributed by atoms with Gasteiger partial charge in [0.25, 0.3) is 0 Å². The average Bonchev–Trinajstić information content (AvgIpc) is 2.28. The highest BCUT2D eigenvalue weighted by atomic mass is 16.1. The second-order valence-electron chi connectivity index (χ2n) is 3.35. The molecule has 0 heterocycles. The molecule has 0 aliphatic heterocycles. The van der Waals surface area contributed by atoms with Crippen LogP contribution in [0.15, 0.2) is 24.3 Å². The van der Waals surface area contributed by atoms with Crippen LogP contribution >= 0.6 is 0 Å². The van der Waals surface area contributed by atoms with Gasteiger partial charge in [0.2, 0.25) is 0 Å². The van der Waals surface area contributed by atoms with Crippen molar-refractivity contribution < 1.29 is 4.79 Å². The molecule has 0 aliphatic rings. The highest BCUT2D eigenvalue weighted by Gasteiger charge is 2.03. The topological polar surface area (TPSA) is 29.1 Å². The van der Waals surface area contributed by atoms with Crippen molar-refractivity contribution in [2.45, 2.75) is 20.3 Å². The standard InChI is InChI=1S/C13H17NO/c1-3-6-12-11(10-15)7-5-8-13(12)14-9-4-2/h3,5-8,10,14H,4,9H2,1-2H3/b6-3-. The van der Waals surface area contributed by atoms with Crippen LogP contribution in [-0.4, -0.2) is 12.8 Å². The fourth-order valence-corrected chi connectivity index (χ4v) is 1.45. The van der Waals surface area contributed by atoms with Gasteiger partial charge in [-0.3, -0.25) is 4.79 Å². The molecule has 0 spiro atoms. The molecule has 0 aromatic heterocycles. The van der Waals surface area contributed by atoms with E-state index in [9.17, 15) is 4.79 Å². The van der Waals surface area contributed by atoms with Crippen molar-refractivity contribution in [2.24, 2.45) is 0 Å². The van der Waals surface area contributed by atoms with Crippen LogP contribution in [0.2, 0.25) is 0 Å². The second-order valence-corrected chi connectivity index (χ2v) is 3.35. The predicted octanol–water partition coefficient (Wildman–Crippen LogP) is 3.35. The molecule has 0 aliphatic carbocycles. The minimum atomic E-state index is 0.731. The van der Waals surface area contributed by atoms with Crippen LogP contribution in [0.1, 0.15) is 36.2 Å². The van der Waals surface area contributed by atoms with Gasteiger partial charge in [-0.15, -0.1) is 0 Å². The van der Waals surface area contributed by atoms with Crippen LogP contribution in [0.25, 0.3) is 6.08 Å². The molecule has 0 unspecified atom stereocenters. The molecule has 2 nitrogen and oxygen atoms in total. The summed E-state index contributed by atoms with van der Waals surface area (Å²) in [6.45, 7) is 4.99. The molecule has 0 amide bonds. The van der Waals surface area contributed by atoms with E-state index in [1.165, 1.54) is 0 Å². The van der Waals surface area contributed by atoms with Gasteiger partial charge in [-0.05, 0) is 19.4 Å². The summed E-state index contributed by atoms with van der Waals surface area (Å²) in [5.41, 5.74) is 2.73. The molecule has 0 fully saturated rings. The zero-order valence-electron chi connectivity index (χ0n) is 9.29. The zero-order chi connectivity index (χ0) is 11.1. The number of carbonyl (C=O) groups excluding carboxylic acids is 1. The van der Waals surface area contributed by atoms with Crippen LogP contribution in [0, 0.1) is 0 Å². The van der Waals surface area contributed by atoms with Crippen molar-refractivity contribution in [3.63, 3.8) is 0 Å². The van der Waals surface area contributed by atoms with Crippen molar-refractivity contribution in [1.29, 1.82) is 0 Å². The minimum Gasteiger partial charge on any atom is -0.385 e. The number of hydrogen-bond donors (Lipinski definition) is 1. The first-order valence-corrected chi connectivity index (χ1v) is 5.28. The summed E-state index contributed by atoms with van der Waals surface area (Å²) in [6.07, 6.45) is 5.87. The number of anilines is 1. The third-order valence-corrected chi connectivity index (χ3v) is 2.17. The summed E-state index contributed by atoms with van der Waals surface area (Å²) in [5.74, 6) is 0. The molecular weight excluding hydrogens is 186 g/mol. The van der Waals surface area contributed by atoms with Gasteiger partial charge >= 0.3 is 0 Å². The van der Waals surface area contributed by atoms with Gasteiger partial charge in [-0.2, -0.15) is 0 Å². The normalized spacial score (nSPS) is 10.5. The number of allylic oxidation sites excluding steroid dienone is 1. The van der Waals surface area contributed by atoms with E-state index in [0.29, 0.717) is 0 Å². The highest BCUT2D eigenvalue weighted by Crippen LogP contribution is 2.20. The van der Waals surface area contributed by atoms with Crippen molar-refractivity contribution in [3.05, 3.63) is 35.4 Å². The molecule has 0 atom stereocenters. The van der Waals surface area contributed by atoms with E-state index in [2.05, 4.69) is 12.2 Å². The molecule has 0 radical (unpaired) electrons. The van der Waals surface area contributed by atoms with Gasteiger partial charge in [0, 0.05) is 23.4 Å². The molecule has 1 rings (SSSR count). The van der Waals surface area contributed by atoms with Crippen molar-refractivity contribution in [3.8, 4) is 0 Å². The quantitative estimate of drug-likeness (QED) is 0.743. The van der Waals surface area contributed by atoms with Gasteiger partial charge < -0.3 is 5.32 Å². The Bertz CT molecular complexity index is 356. The summed E-state index contributed by atoms with van der Waals surface area (Å²) in [6, 6.07) is 5.73. The van der Waals surface area contributed by atoms with E-state index in [1.807, 2.05) is 37.3 Å². The Kier molecular flexibility index (Phi) is 4.61. The lowest BCUT2D eigenvalue weighted by Gasteiger charge is -2.10. The van der Waals surface area contributed by atoms with E-state index in [-0.39, 0.29) is 0 Å². The fraction of sp³-hybridized carbons (Fsp3) is 0.308. The fourth-order valence-electron chi connectivity index (χ4n) is 1.45. The number of nitrogens with one attached hydrogen (secondary N) is 1. The van der Waals surface area contributed by atoms with Crippen LogP contribution in [-0.2, 0) is 0 Å². The maximum atomic E-state index is 10.9. The smallest absolute Gasteiger partial charge is 0.150 e. The second kappa shape index (κ2) is 6.02. The molecule has 2 heteroatoms. The first-order valence-electron chi connectivity index (χ1n) is 5.28. The lowest BCUT2D eigenvalue weighted by Crippen LogP contribution is -2.02. The first-order chi connectivity index (χ1) is 7.33. The van der Waals surface area contributed by atoms with E-state index < -0.39 is 0 Å². The Hall–Kier alpha value is -1.57. The Labute approximate surface area is 91.0 Å². The number of carbonyl (C=O) groups is 1. The molecule has 0 bridgehead atoms. The summed E-state index contributed by atoms with van der Waals surface area (Å²) in [4.78, 5) is 10.9. The van der Waals surface area contributed by atoms with Crippen LogP contribution in [0.3, 0.4) is 0 Å². The largest absolute Gasteiger partial charge is 0.385 e. The lowest BCUT2D eigenvalue weighted by atomic mass is 10.1. The Morgan fingerprint density at radius 3 is 2.80 bits per heavy atom. The molecule has 0 saturated carbocycles. The molecule has 1 N–H and O–H groups in total. The summed E-state index contributed by atoms with van der Waals surface area (Å²) < 4.78 is 0. The van der Waals surface area contributed by atoms with Crippen LogP contribution in [0.5, 0.6) is 0 Å². The SMILES string of the molecule is C/C=C\c1c(C=O)cccc1NCCC. The monoisotopic (exact) mass is 203 g/mol. The van der Waals surface area contributed by atoms with Gasteiger partial charge in [-0.25, -0.2) is 0 Å². The van der Waals surface area contributed by atoms with Gasteiger partial charge in [-0.1, -0.05) is 31.2 Å². The Morgan fingerprint density at radius 2 is 2.20 bits per heavy atom. The van der Waals surface area contributed by atoms with Crippen LogP contribution < -0.4 is 5.32 Å². The molecule has 1 aromatic carbocycles. The molecule has 1 aromatic rings. The molecular formula is C13H17NO. The van der Waals surface area contributed by atoms with Gasteiger partial charge in [0.1, 0.15) is 0 Å². The Morgan fingerprint density at radius 1 is 1.40 bits per heavy atom. The zero-order valence-corrected chi connectivity index (χ0v) is 9.29. The summed E-state index contributed by atoms with van der Waals surface area (Å²) in [5, 5.41) is 3.31. The summed E-state index contributed by atoms with van der Waals surface area (Å²) in [7, 11) is 0. The van der Waals surface area contributed by atoms with E-state index in [0.717, 1.165) is 36.1 Å². The number of aldehydes is 1. The number of hydrogen-bond acceptors (Lipinski definition) is 2. The van der Waals surface area contributed by atoms with E-state index in [1.54, 1.807) is 0 Å². The average molecular weight is 203 g/mol. The highest BCUT2D eigenvalue weighted by molar-refractivity contribution is 5.86. The third kappa shape index (κ3) is 2.94. The predicted molar refractivity (Wildman–Crippen MR) is 65.3 cm³/mol. The first kappa shape index (κ1) is 11.5. The molecule has 80 valence electrons. The van der Waals surface area contributed by atoms with E-state index in [4.69, 9.17) is 0 Å². The van der Waals surface area contributed by atoms with Crippen molar-refractivity contribution >= 4 is 18.0 Å². The number of benzene rings is 1. The number of rotatable bonds is 5. The maximum Gasteiger partial charge on any atom is 0.150 e. The molecule has 15 heavy (non-hydrogen) atoms. The third-order valence-electron chi connectivity index (χ3n) is 2.17. The minimum absolute atomic E-state index is 0.731. The van der Waals surface area contributed by atoms with Crippen molar-refractivity contribution in [1.82, 2.24) is 0 Å². The maximum absolute atomic E-state index is 10.9. The Balaban J connectivity index is 3.07. The van der Waals surface area contributed by atoms with E-state index >= 15 is 0 Å². The van der Waals surface area contributed by atoms with Gasteiger partial charge in [0.15, 0.2) is 6.29 Å². The van der Waals surface area contributed by atoms with Crippen molar-refractivity contribution in [2.75, 3.05) is 11.9 Å². The molecule has 0 saturated heterocycles. The van der Waals surface area contributed by atoms with Crippen LogP contribution in [0.4, 0.5) is 5.69 Å². The van der Waals surface area contributed by atoms with Gasteiger partial charge in [0.05, 0.1) is 0 Å².